The summed E-state index contributed by atoms with van der Waals surface area (Å²) in [6.07, 6.45) is 8.38. The van der Waals surface area contributed by atoms with E-state index in [4.69, 9.17) is 0 Å². The highest BCUT2D eigenvalue weighted by Gasteiger charge is 2.28. The normalized spacial score (nSPS) is 11.3. The van der Waals surface area contributed by atoms with Crippen molar-refractivity contribution in [2.24, 2.45) is 0 Å². The van der Waals surface area contributed by atoms with E-state index in [1.807, 2.05) is 12.2 Å². The molecule has 0 spiro atoms. The van der Waals surface area contributed by atoms with Crippen LogP contribution >= 0.6 is 0 Å². The summed E-state index contributed by atoms with van der Waals surface area (Å²) < 4.78 is 0. The molecule has 0 saturated carbocycles. The minimum atomic E-state index is -1.14. The first-order valence-electron chi connectivity index (χ1n) is 4.91. The highest BCUT2D eigenvalue weighted by Crippen LogP contribution is 2.32. The first-order chi connectivity index (χ1) is 6.08. The van der Waals surface area contributed by atoms with Crippen LogP contribution in [0.1, 0.15) is 12.8 Å². The van der Waals surface area contributed by atoms with Gasteiger partial charge in [-0.15, -0.1) is 19.7 Å². The second kappa shape index (κ2) is 5.98. The summed E-state index contributed by atoms with van der Waals surface area (Å²) in [4.78, 5) is 0. The second-order valence-corrected chi connectivity index (χ2v) is 9.43. The third kappa shape index (κ3) is 4.27. The number of hydrogen-bond donors (Lipinski definition) is 0. The monoisotopic (exact) mass is 194 g/mol. The van der Waals surface area contributed by atoms with Crippen LogP contribution in [-0.4, -0.2) is 8.07 Å². The van der Waals surface area contributed by atoms with Crippen molar-refractivity contribution in [1.82, 2.24) is 0 Å². The summed E-state index contributed by atoms with van der Waals surface area (Å²) in [6.45, 7) is 16.3. The average molecular weight is 194 g/mol. The Hall–Kier alpha value is -0.563. The molecule has 0 saturated heterocycles. The van der Waals surface area contributed by atoms with Crippen molar-refractivity contribution in [3.05, 3.63) is 38.0 Å². The van der Waals surface area contributed by atoms with Crippen LogP contribution < -0.4 is 0 Å². The topological polar surface area (TPSA) is 0 Å². The van der Waals surface area contributed by atoms with Crippen LogP contribution in [0.15, 0.2) is 38.0 Å². The van der Waals surface area contributed by atoms with Gasteiger partial charge in [-0.1, -0.05) is 31.3 Å². The fourth-order valence-electron chi connectivity index (χ4n) is 1.68. The molecular weight excluding hydrogens is 172 g/mol. The Kier molecular flexibility index (Phi) is 5.72. The summed E-state index contributed by atoms with van der Waals surface area (Å²) in [5, 5.41) is 0. The van der Waals surface area contributed by atoms with Crippen LogP contribution in [0, 0.1) is 0 Å². The molecule has 0 aliphatic rings. The van der Waals surface area contributed by atoms with E-state index in [1.165, 1.54) is 6.04 Å². The molecule has 0 N–H and O–H groups in total. The molecule has 0 aliphatic heterocycles. The zero-order valence-corrected chi connectivity index (χ0v) is 10.1. The van der Waals surface area contributed by atoms with Crippen LogP contribution in [0.25, 0.3) is 0 Å². The fraction of sp³-hybridized carbons (Fsp3) is 0.500. The van der Waals surface area contributed by atoms with E-state index in [-0.39, 0.29) is 0 Å². The Morgan fingerprint density at radius 3 is 1.77 bits per heavy atom. The SMILES string of the molecule is C=CCC(CC=C)[Si](C)(C)CC=C. The molecule has 0 aliphatic carbocycles. The molecule has 0 amide bonds. The van der Waals surface area contributed by atoms with Crippen LogP contribution in [-0.2, 0) is 0 Å². The Morgan fingerprint density at radius 1 is 1.00 bits per heavy atom. The zero-order chi connectivity index (χ0) is 10.3. The van der Waals surface area contributed by atoms with Crippen molar-refractivity contribution in [2.45, 2.75) is 37.5 Å². The molecule has 0 rings (SSSR count). The molecule has 0 nitrogen and oxygen atoms in total. The van der Waals surface area contributed by atoms with Gasteiger partial charge >= 0.3 is 0 Å². The van der Waals surface area contributed by atoms with E-state index >= 15 is 0 Å². The minimum absolute atomic E-state index is 0.778. The van der Waals surface area contributed by atoms with Crippen molar-refractivity contribution >= 4 is 8.07 Å². The third-order valence-electron chi connectivity index (χ3n) is 2.68. The van der Waals surface area contributed by atoms with E-state index in [1.54, 1.807) is 0 Å². The Morgan fingerprint density at radius 2 is 1.46 bits per heavy atom. The number of allylic oxidation sites excluding steroid dienone is 3. The predicted octanol–water partition coefficient (Wildman–Crippen LogP) is 4.40. The quantitative estimate of drug-likeness (QED) is 0.416. The molecule has 0 heterocycles. The molecule has 0 aromatic carbocycles. The summed E-state index contributed by atoms with van der Waals surface area (Å²) in [5.41, 5.74) is 0.778. The highest BCUT2D eigenvalue weighted by atomic mass is 28.3. The van der Waals surface area contributed by atoms with Gasteiger partial charge < -0.3 is 0 Å². The largest absolute Gasteiger partial charge is 0.103 e. The molecule has 0 atom stereocenters. The molecule has 0 bridgehead atoms. The second-order valence-electron chi connectivity index (χ2n) is 4.23. The van der Waals surface area contributed by atoms with Crippen LogP contribution in [0.2, 0.25) is 24.7 Å². The lowest BCUT2D eigenvalue weighted by atomic mass is 10.2. The molecule has 74 valence electrons. The number of rotatable bonds is 7. The van der Waals surface area contributed by atoms with Gasteiger partial charge in [-0.3, -0.25) is 0 Å². The molecule has 1 heteroatoms. The number of hydrogen-bond acceptors (Lipinski definition) is 0. The summed E-state index contributed by atoms with van der Waals surface area (Å²) in [7, 11) is -1.14. The van der Waals surface area contributed by atoms with Crippen LogP contribution in [0.5, 0.6) is 0 Å². The molecule has 0 fully saturated rings. The summed E-state index contributed by atoms with van der Waals surface area (Å²) >= 11 is 0. The average Bonchev–Trinajstić information content (AvgIpc) is 2.04. The van der Waals surface area contributed by atoms with Crippen molar-refractivity contribution in [3.63, 3.8) is 0 Å². The van der Waals surface area contributed by atoms with E-state index in [0.29, 0.717) is 0 Å². The molecule has 0 aromatic heterocycles. The molecule has 0 aromatic rings. The fourth-order valence-corrected chi connectivity index (χ4v) is 4.36. The van der Waals surface area contributed by atoms with Gasteiger partial charge in [0.1, 0.15) is 0 Å². The maximum absolute atomic E-state index is 3.83. The van der Waals surface area contributed by atoms with Gasteiger partial charge in [0.15, 0.2) is 0 Å². The van der Waals surface area contributed by atoms with Gasteiger partial charge in [0.2, 0.25) is 0 Å². The maximum Gasteiger partial charge on any atom is 0.0548 e. The maximum atomic E-state index is 3.83. The molecule has 0 unspecified atom stereocenters. The van der Waals surface area contributed by atoms with Crippen LogP contribution in [0.4, 0.5) is 0 Å². The third-order valence-corrected chi connectivity index (χ3v) is 6.70. The van der Waals surface area contributed by atoms with Crippen molar-refractivity contribution in [3.8, 4) is 0 Å². The lowest BCUT2D eigenvalue weighted by Gasteiger charge is -2.30. The lowest BCUT2D eigenvalue weighted by Crippen LogP contribution is -2.31. The summed E-state index contributed by atoms with van der Waals surface area (Å²) in [6, 6.07) is 1.19. The van der Waals surface area contributed by atoms with E-state index in [9.17, 15) is 0 Å². The lowest BCUT2D eigenvalue weighted by molar-refractivity contribution is 0.822. The smallest absolute Gasteiger partial charge is 0.0548 e. The first kappa shape index (κ1) is 12.4. The Bertz CT molecular complexity index is 170. The van der Waals surface area contributed by atoms with Gasteiger partial charge in [0, 0.05) is 0 Å². The van der Waals surface area contributed by atoms with E-state index < -0.39 is 8.07 Å². The van der Waals surface area contributed by atoms with Gasteiger partial charge in [0.25, 0.3) is 0 Å². The van der Waals surface area contributed by atoms with Gasteiger partial charge in [-0.2, -0.15) is 0 Å². The zero-order valence-electron chi connectivity index (χ0n) is 9.05. The van der Waals surface area contributed by atoms with Crippen LogP contribution in [0.3, 0.4) is 0 Å². The Labute approximate surface area is 84.1 Å². The van der Waals surface area contributed by atoms with Gasteiger partial charge in [0.05, 0.1) is 8.07 Å². The van der Waals surface area contributed by atoms with Gasteiger partial charge in [-0.25, -0.2) is 0 Å². The van der Waals surface area contributed by atoms with Crippen molar-refractivity contribution in [1.29, 1.82) is 0 Å². The minimum Gasteiger partial charge on any atom is -0.103 e. The first-order valence-corrected chi connectivity index (χ1v) is 8.19. The van der Waals surface area contributed by atoms with E-state index in [0.717, 1.165) is 18.4 Å². The van der Waals surface area contributed by atoms with Gasteiger partial charge in [-0.05, 0) is 24.4 Å². The standard InChI is InChI=1S/C12H22Si/c1-6-9-12(10-7-2)13(4,5)11-8-3/h6-8,12H,1-3,9-11H2,4-5H3. The van der Waals surface area contributed by atoms with Crippen molar-refractivity contribution < 1.29 is 0 Å². The molecular formula is C12H22Si. The Balaban J connectivity index is 4.37. The predicted molar refractivity (Wildman–Crippen MR) is 65.9 cm³/mol. The summed E-state index contributed by atoms with van der Waals surface area (Å²) in [5.74, 6) is 0. The molecule has 0 radical (unpaired) electrons. The van der Waals surface area contributed by atoms with Crippen molar-refractivity contribution in [2.75, 3.05) is 0 Å². The highest BCUT2D eigenvalue weighted by molar-refractivity contribution is 6.79. The van der Waals surface area contributed by atoms with E-state index in [2.05, 4.69) is 38.9 Å². The molecule has 13 heavy (non-hydrogen) atoms.